The van der Waals surface area contributed by atoms with E-state index in [0.29, 0.717) is 27.4 Å². The number of benzene rings is 2. The van der Waals surface area contributed by atoms with Crippen molar-refractivity contribution < 1.29 is 23.4 Å². The van der Waals surface area contributed by atoms with Gasteiger partial charge in [-0.3, -0.25) is 5.10 Å². The highest BCUT2D eigenvalue weighted by atomic mass is 19.1. The maximum atomic E-state index is 16.0. The molecule has 0 saturated carbocycles. The third kappa shape index (κ3) is 3.15. The quantitative estimate of drug-likeness (QED) is 0.424. The molecule has 6 nitrogen and oxygen atoms in total. The number of H-pyrrole nitrogens is 1. The molecule has 1 saturated heterocycles. The molecule has 1 fully saturated rings. The van der Waals surface area contributed by atoms with Gasteiger partial charge in [0.1, 0.15) is 11.3 Å². The van der Waals surface area contributed by atoms with E-state index in [1.165, 1.54) is 6.07 Å². The van der Waals surface area contributed by atoms with Crippen LogP contribution in [0.5, 0.6) is 0 Å². The van der Waals surface area contributed by atoms with Gasteiger partial charge in [-0.05, 0) is 61.6 Å². The van der Waals surface area contributed by atoms with Gasteiger partial charge in [-0.25, -0.2) is 13.6 Å². The molecule has 0 spiro atoms. The van der Waals surface area contributed by atoms with E-state index >= 15 is 4.39 Å². The van der Waals surface area contributed by atoms with Crippen molar-refractivity contribution in [2.75, 3.05) is 6.61 Å². The van der Waals surface area contributed by atoms with Crippen LogP contribution in [0.3, 0.4) is 0 Å². The number of hydrogen-bond donors (Lipinski definition) is 2. The Morgan fingerprint density at radius 2 is 2.09 bits per heavy atom. The Morgan fingerprint density at radius 1 is 1.33 bits per heavy atom. The van der Waals surface area contributed by atoms with Gasteiger partial charge < -0.3 is 14.4 Å². The minimum absolute atomic E-state index is 0.0229. The molecular weight excluding hydrogens is 428 g/mol. The summed E-state index contributed by atoms with van der Waals surface area (Å²) >= 11 is 0. The van der Waals surface area contributed by atoms with Gasteiger partial charge >= 0.3 is 5.97 Å². The molecule has 0 unspecified atom stereocenters. The van der Waals surface area contributed by atoms with Gasteiger partial charge in [-0.15, -0.1) is 0 Å². The smallest absolute Gasteiger partial charge is 0.335 e. The van der Waals surface area contributed by atoms with Crippen molar-refractivity contribution in [3.63, 3.8) is 0 Å². The fraction of sp³-hybridized carbons (Fsp3) is 0.360. The molecule has 33 heavy (non-hydrogen) atoms. The molecule has 172 valence electrons. The molecule has 2 atom stereocenters. The second-order valence-corrected chi connectivity index (χ2v) is 9.39. The largest absolute Gasteiger partial charge is 0.479 e. The van der Waals surface area contributed by atoms with Crippen LogP contribution in [-0.4, -0.2) is 38.0 Å². The van der Waals surface area contributed by atoms with E-state index in [1.807, 2.05) is 24.5 Å². The maximum Gasteiger partial charge on any atom is 0.335 e. The summed E-state index contributed by atoms with van der Waals surface area (Å²) in [4.78, 5) is 11.8. The fourth-order valence-corrected chi connectivity index (χ4v) is 5.08. The highest BCUT2D eigenvalue weighted by Gasteiger charge is 2.45. The van der Waals surface area contributed by atoms with Crippen LogP contribution in [-0.2, 0) is 9.53 Å². The molecule has 2 aromatic heterocycles. The van der Waals surface area contributed by atoms with Gasteiger partial charge in [0.05, 0.1) is 18.3 Å². The number of carbonyl (C=O) groups is 1. The summed E-state index contributed by atoms with van der Waals surface area (Å²) in [5.74, 6) is -2.12. The summed E-state index contributed by atoms with van der Waals surface area (Å²) in [7, 11) is 0. The van der Waals surface area contributed by atoms with Gasteiger partial charge in [0.2, 0.25) is 0 Å². The van der Waals surface area contributed by atoms with Gasteiger partial charge in [-0.1, -0.05) is 13.8 Å². The highest BCUT2D eigenvalue weighted by Crippen LogP contribution is 2.46. The Morgan fingerprint density at radius 3 is 2.73 bits per heavy atom. The molecule has 5 rings (SSSR count). The minimum atomic E-state index is -1.34. The average molecular weight is 453 g/mol. The lowest BCUT2D eigenvalue weighted by Gasteiger charge is -2.19. The van der Waals surface area contributed by atoms with Crippen molar-refractivity contribution in [1.82, 2.24) is 14.8 Å². The Kier molecular flexibility index (Phi) is 4.83. The Labute approximate surface area is 189 Å². The monoisotopic (exact) mass is 453 g/mol. The third-order valence-electron chi connectivity index (χ3n) is 6.73. The molecule has 2 aromatic carbocycles. The zero-order valence-electron chi connectivity index (χ0n) is 18.9. The minimum Gasteiger partial charge on any atom is -0.479 e. The van der Waals surface area contributed by atoms with Crippen LogP contribution in [0, 0.1) is 18.6 Å². The lowest BCUT2D eigenvalue weighted by molar-refractivity contribution is -0.157. The molecule has 0 aliphatic carbocycles. The molecule has 1 aliphatic heterocycles. The van der Waals surface area contributed by atoms with Crippen LogP contribution >= 0.6 is 0 Å². The maximum absolute atomic E-state index is 16.0. The molecule has 2 N–H and O–H groups in total. The number of aryl methyl sites for hydroxylation is 1. The van der Waals surface area contributed by atoms with E-state index in [9.17, 15) is 14.3 Å². The van der Waals surface area contributed by atoms with Gasteiger partial charge in [0.25, 0.3) is 0 Å². The predicted molar refractivity (Wildman–Crippen MR) is 121 cm³/mol. The second-order valence-electron chi connectivity index (χ2n) is 9.39. The van der Waals surface area contributed by atoms with E-state index in [0.717, 1.165) is 16.9 Å². The standard InChI is InChI=1S/C25H25F2N3O3/c1-12(2)23-19(15-9-25(4,24(31)32)33-11-15)20-18(8-14-10-28-29-22(14)21(20)27)30(23)16-5-6-17(26)13(3)7-16/h5-8,10,12,15H,9,11H2,1-4H3,(H,28,29)(H,31,32)/t15-,25+/m1/s1. The summed E-state index contributed by atoms with van der Waals surface area (Å²) in [6.07, 6.45) is 1.80. The summed E-state index contributed by atoms with van der Waals surface area (Å²) in [5.41, 5.74) is 2.39. The number of aromatic nitrogens is 3. The van der Waals surface area contributed by atoms with Crippen molar-refractivity contribution in [1.29, 1.82) is 0 Å². The lowest BCUT2D eigenvalue weighted by atomic mass is 9.86. The van der Waals surface area contributed by atoms with Gasteiger partial charge in [0.15, 0.2) is 11.4 Å². The Bertz CT molecular complexity index is 1420. The summed E-state index contributed by atoms with van der Waals surface area (Å²) in [6, 6.07) is 6.71. The van der Waals surface area contributed by atoms with Gasteiger partial charge in [-0.2, -0.15) is 5.10 Å². The van der Waals surface area contributed by atoms with Crippen molar-refractivity contribution in [3.8, 4) is 5.69 Å². The fourth-order valence-electron chi connectivity index (χ4n) is 5.08. The average Bonchev–Trinajstić information content (AvgIpc) is 3.46. The second kappa shape index (κ2) is 7.38. The summed E-state index contributed by atoms with van der Waals surface area (Å²) in [6.45, 7) is 7.45. The first-order valence-corrected chi connectivity index (χ1v) is 11.0. The van der Waals surface area contributed by atoms with Crippen LogP contribution < -0.4 is 0 Å². The number of aromatic amines is 1. The van der Waals surface area contributed by atoms with E-state index in [-0.39, 0.29) is 30.7 Å². The molecule has 0 amide bonds. The van der Waals surface area contributed by atoms with E-state index in [4.69, 9.17) is 4.74 Å². The Hall–Kier alpha value is -3.26. The van der Waals surface area contributed by atoms with Crippen LogP contribution in [0.2, 0.25) is 0 Å². The first-order chi connectivity index (χ1) is 15.6. The number of hydrogen-bond acceptors (Lipinski definition) is 3. The number of rotatable bonds is 4. The third-order valence-corrected chi connectivity index (χ3v) is 6.73. The van der Waals surface area contributed by atoms with E-state index < -0.39 is 17.4 Å². The number of nitrogens with one attached hydrogen (secondary N) is 1. The van der Waals surface area contributed by atoms with Crippen molar-refractivity contribution in [2.45, 2.75) is 51.6 Å². The number of fused-ring (bicyclic) bond motifs is 2. The summed E-state index contributed by atoms with van der Waals surface area (Å²) in [5, 5.41) is 17.5. The number of halogens is 2. The Balaban J connectivity index is 1.88. The number of carboxylic acids is 1. The molecule has 8 heteroatoms. The molecular formula is C25H25F2N3O3. The van der Waals surface area contributed by atoms with Crippen molar-refractivity contribution in [3.05, 3.63) is 58.9 Å². The number of ether oxygens (including phenoxy) is 1. The zero-order valence-corrected chi connectivity index (χ0v) is 18.9. The number of nitrogens with zero attached hydrogens (tertiary/aromatic N) is 2. The number of aliphatic carboxylic acids is 1. The normalized spacial score (nSPS) is 21.0. The topological polar surface area (TPSA) is 80.1 Å². The highest BCUT2D eigenvalue weighted by molar-refractivity contribution is 6.00. The first kappa shape index (κ1) is 21.6. The van der Waals surface area contributed by atoms with E-state index in [1.54, 1.807) is 32.2 Å². The molecule has 3 heterocycles. The SMILES string of the molecule is Cc1cc(-n2c(C(C)C)c([C@H]3CO[C@](C)(C(=O)O)C3)c3c(F)c4[nH]ncc4cc32)ccc1F. The first-order valence-electron chi connectivity index (χ1n) is 11.0. The molecule has 4 aromatic rings. The van der Waals surface area contributed by atoms with Crippen LogP contribution in [0.1, 0.15) is 55.8 Å². The van der Waals surface area contributed by atoms with Crippen molar-refractivity contribution >= 4 is 27.8 Å². The molecule has 0 bridgehead atoms. The van der Waals surface area contributed by atoms with Crippen LogP contribution in [0.15, 0.2) is 30.5 Å². The molecule has 1 aliphatic rings. The van der Waals surface area contributed by atoms with Crippen LogP contribution in [0.25, 0.3) is 27.5 Å². The van der Waals surface area contributed by atoms with Crippen molar-refractivity contribution in [2.24, 2.45) is 0 Å². The van der Waals surface area contributed by atoms with Gasteiger partial charge in [0, 0.05) is 28.1 Å². The lowest BCUT2D eigenvalue weighted by Crippen LogP contribution is -2.34. The van der Waals surface area contributed by atoms with E-state index in [2.05, 4.69) is 10.2 Å². The molecule has 0 radical (unpaired) electrons. The number of carboxylic acid groups (broad SMARTS) is 1. The summed E-state index contributed by atoms with van der Waals surface area (Å²) < 4.78 is 37.7. The van der Waals surface area contributed by atoms with Crippen LogP contribution in [0.4, 0.5) is 8.78 Å². The predicted octanol–water partition coefficient (Wildman–Crippen LogP) is 5.56. The zero-order chi connectivity index (χ0) is 23.7.